The Bertz CT molecular complexity index is 395. The fraction of sp³-hybridized carbons (Fsp3) is 0.692. The van der Waals surface area contributed by atoms with Crippen LogP contribution < -0.4 is 11.1 Å². The Morgan fingerprint density at radius 2 is 2.22 bits per heavy atom. The Labute approximate surface area is 108 Å². The molecule has 0 saturated carbocycles. The Morgan fingerprint density at radius 3 is 3.00 bits per heavy atom. The second-order valence-corrected chi connectivity index (χ2v) is 4.58. The van der Waals surface area contributed by atoms with Crippen LogP contribution in [0.15, 0.2) is 0 Å². The van der Waals surface area contributed by atoms with Gasteiger partial charge in [0.15, 0.2) is 0 Å². The van der Waals surface area contributed by atoms with Crippen molar-refractivity contribution in [3.63, 3.8) is 0 Å². The van der Waals surface area contributed by atoms with Gasteiger partial charge >= 0.3 is 0 Å². The zero-order valence-corrected chi connectivity index (χ0v) is 11.0. The molecule has 2 rings (SSSR count). The summed E-state index contributed by atoms with van der Waals surface area (Å²) in [5.74, 6) is 1.89. The van der Waals surface area contributed by atoms with E-state index in [1.807, 2.05) is 0 Å². The lowest BCUT2D eigenvalue weighted by molar-refractivity contribution is 0.200. The molecule has 5 heteroatoms. The van der Waals surface area contributed by atoms with Gasteiger partial charge in [0.2, 0.25) is 0 Å². The highest BCUT2D eigenvalue weighted by atomic mass is 16.5. The molecule has 0 amide bonds. The molecule has 100 valence electrons. The second-order valence-electron chi connectivity index (χ2n) is 4.58. The van der Waals surface area contributed by atoms with E-state index in [1.165, 1.54) is 17.7 Å². The van der Waals surface area contributed by atoms with Gasteiger partial charge in [-0.15, -0.1) is 0 Å². The highest BCUT2D eigenvalue weighted by Crippen LogP contribution is 2.26. The predicted molar refractivity (Wildman–Crippen MR) is 71.8 cm³/mol. The zero-order valence-electron chi connectivity index (χ0n) is 11.0. The summed E-state index contributed by atoms with van der Waals surface area (Å²) in [5.41, 5.74) is 8.03. The van der Waals surface area contributed by atoms with Gasteiger partial charge < -0.3 is 15.8 Å². The van der Waals surface area contributed by atoms with E-state index < -0.39 is 0 Å². The van der Waals surface area contributed by atoms with E-state index in [1.54, 1.807) is 7.11 Å². The molecule has 1 aromatic heterocycles. The first-order valence-corrected chi connectivity index (χ1v) is 6.66. The first-order valence-electron chi connectivity index (χ1n) is 6.66. The Morgan fingerprint density at radius 1 is 1.33 bits per heavy atom. The van der Waals surface area contributed by atoms with Gasteiger partial charge in [-0.1, -0.05) is 0 Å². The third-order valence-corrected chi connectivity index (χ3v) is 3.18. The average Bonchev–Trinajstić information content (AvgIpc) is 2.85. The molecule has 0 fully saturated rings. The molecule has 1 aliphatic rings. The van der Waals surface area contributed by atoms with Crippen LogP contribution >= 0.6 is 0 Å². The third kappa shape index (κ3) is 3.17. The van der Waals surface area contributed by atoms with Crippen molar-refractivity contribution in [2.75, 3.05) is 32.1 Å². The lowest BCUT2D eigenvalue weighted by Gasteiger charge is -2.11. The molecule has 0 radical (unpaired) electrons. The molecule has 0 aromatic carbocycles. The number of hydrogen-bond donors (Lipinski definition) is 2. The summed E-state index contributed by atoms with van der Waals surface area (Å²) in [6.45, 7) is 2.25. The molecule has 0 saturated heterocycles. The van der Waals surface area contributed by atoms with Crippen molar-refractivity contribution in [1.82, 2.24) is 9.97 Å². The van der Waals surface area contributed by atoms with E-state index in [9.17, 15) is 0 Å². The number of rotatable bonds is 7. The minimum Gasteiger partial charge on any atom is -0.384 e. The summed E-state index contributed by atoms with van der Waals surface area (Å²) in [5, 5.41) is 3.39. The maximum Gasteiger partial charge on any atom is 0.133 e. The summed E-state index contributed by atoms with van der Waals surface area (Å²) >= 11 is 0. The molecule has 18 heavy (non-hydrogen) atoms. The molecule has 0 spiro atoms. The molecule has 0 aliphatic heterocycles. The topological polar surface area (TPSA) is 73.1 Å². The van der Waals surface area contributed by atoms with Gasteiger partial charge in [-0.05, 0) is 32.2 Å². The summed E-state index contributed by atoms with van der Waals surface area (Å²) in [6.07, 6.45) is 5.08. The summed E-state index contributed by atoms with van der Waals surface area (Å²) < 4.78 is 5.09. The number of nitrogens with one attached hydrogen (secondary N) is 1. The van der Waals surface area contributed by atoms with Gasteiger partial charge in [0.05, 0.1) is 6.61 Å². The highest BCUT2D eigenvalue weighted by molar-refractivity contribution is 5.48. The molecule has 5 nitrogen and oxygen atoms in total. The normalized spacial score (nSPS) is 13.7. The van der Waals surface area contributed by atoms with Crippen molar-refractivity contribution in [3.05, 3.63) is 17.1 Å². The average molecular weight is 250 g/mol. The second kappa shape index (κ2) is 6.66. The van der Waals surface area contributed by atoms with Crippen LogP contribution in [0.1, 0.15) is 29.9 Å². The van der Waals surface area contributed by atoms with Crippen LogP contribution in [0.4, 0.5) is 5.82 Å². The number of ether oxygens (including phenoxy) is 1. The fourth-order valence-electron chi connectivity index (χ4n) is 2.24. The van der Waals surface area contributed by atoms with E-state index in [0.29, 0.717) is 13.2 Å². The van der Waals surface area contributed by atoms with Gasteiger partial charge in [-0.25, -0.2) is 9.97 Å². The Balaban J connectivity index is 2.12. The summed E-state index contributed by atoms with van der Waals surface area (Å²) in [7, 11) is 1.70. The SMILES string of the molecule is COCCc1nc2c(c(NCCCN)n1)CCC2. The maximum absolute atomic E-state index is 5.51. The number of aromatic nitrogens is 2. The van der Waals surface area contributed by atoms with Gasteiger partial charge in [0, 0.05) is 31.3 Å². The summed E-state index contributed by atoms with van der Waals surface area (Å²) in [6, 6.07) is 0. The largest absolute Gasteiger partial charge is 0.384 e. The molecular formula is C13H22N4O. The van der Waals surface area contributed by atoms with E-state index >= 15 is 0 Å². The van der Waals surface area contributed by atoms with Crippen molar-refractivity contribution in [2.45, 2.75) is 32.1 Å². The van der Waals surface area contributed by atoms with E-state index in [0.717, 1.165) is 43.9 Å². The van der Waals surface area contributed by atoms with Crippen LogP contribution in [-0.2, 0) is 24.0 Å². The van der Waals surface area contributed by atoms with Gasteiger partial charge in [0.1, 0.15) is 11.6 Å². The van der Waals surface area contributed by atoms with Crippen molar-refractivity contribution in [3.8, 4) is 0 Å². The minimum absolute atomic E-state index is 0.668. The quantitative estimate of drug-likeness (QED) is 0.704. The number of methoxy groups -OCH3 is 1. The number of nitrogens with two attached hydrogens (primary N) is 1. The number of fused-ring (bicyclic) bond motifs is 1. The van der Waals surface area contributed by atoms with Crippen LogP contribution in [0.2, 0.25) is 0 Å². The molecule has 0 bridgehead atoms. The van der Waals surface area contributed by atoms with Gasteiger partial charge in [-0.3, -0.25) is 0 Å². The number of aryl methyl sites for hydroxylation is 1. The monoisotopic (exact) mass is 250 g/mol. The Hall–Kier alpha value is -1.20. The first kappa shape index (κ1) is 13.2. The van der Waals surface area contributed by atoms with Crippen LogP contribution in [-0.4, -0.2) is 36.8 Å². The summed E-state index contributed by atoms with van der Waals surface area (Å²) in [4.78, 5) is 9.23. The molecule has 1 aliphatic carbocycles. The van der Waals surface area contributed by atoms with Crippen LogP contribution in [0.3, 0.4) is 0 Å². The maximum atomic E-state index is 5.51. The van der Waals surface area contributed by atoms with E-state index in [4.69, 9.17) is 10.5 Å². The van der Waals surface area contributed by atoms with Gasteiger partial charge in [-0.2, -0.15) is 0 Å². The van der Waals surface area contributed by atoms with Crippen LogP contribution in [0.25, 0.3) is 0 Å². The fourth-order valence-corrected chi connectivity index (χ4v) is 2.24. The minimum atomic E-state index is 0.668. The first-order chi connectivity index (χ1) is 8.85. The lowest BCUT2D eigenvalue weighted by atomic mass is 10.2. The number of nitrogens with zero attached hydrogens (tertiary/aromatic N) is 2. The van der Waals surface area contributed by atoms with Crippen molar-refractivity contribution in [1.29, 1.82) is 0 Å². The predicted octanol–water partition coefficient (Wildman–Crippen LogP) is 0.915. The van der Waals surface area contributed by atoms with Gasteiger partial charge in [0.25, 0.3) is 0 Å². The molecule has 1 aromatic rings. The number of hydrogen-bond acceptors (Lipinski definition) is 5. The van der Waals surface area contributed by atoms with Crippen LogP contribution in [0.5, 0.6) is 0 Å². The molecule has 3 N–H and O–H groups in total. The molecule has 0 atom stereocenters. The standard InChI is InChI=1S/C13H22N4O/c1-18-9-6-12-16-11-5-2-4-10(11)13(17-12)15-8-3-7-14/h2-9,14H2,1H3,(H,15,16,17). The van der Waals surface area contributed by atoms with E-state index in [2.05, 4.69) is 15.3 Å². The highest BCUT2D eigenvalue weighted by Gasteiger charge is 2.18. The number of anilines is 1. The zero-order chi connectivity index (χ0) is 12.8. The molecule has 0 unspecified atom stereocenters. The van der Waals surface area contributed by atoms with E-state index in [-0.39, 0.29) is 0 Å². The van der Waals surface area contributed by atoms with Crippen molar-refractivity contribution < 1.29 is 4.74 Å². The van der Waals surface area contributed by atoms with Crippen molar-refractivity contribution >= 4 is 5.82 Å². The van der Waals surface area contributed by atoms with Crippen molar-refractivity contribution in [2.24, 2.45) is 5.73 Å². The van der Waals surface area contributed by atoms with Crippen LogP contribution in [0, 0.1) is 0 Å². The third-order valence-electron chi connectivity index (χ3n) is 3.18. The smallest absolute Gasteiger partial charge is 0.133 e. The lowest BCUT2D eigenvalue weighted by Crippen LogP contribution is -2.13. The Kier molecular flexibility index (Phi) is 4.90. The molecular weight excluding hydrogens is 228 g/mol. The molecule has 1 heterocycles.